The summed E-state index contributed by atoms with van der Waals surface area (Å²) in [6.45, 7) is 1.14. The van der Waals surface area contributed by atoms with Crippen LogP contribution in [0.1, 0.15) is 6.42 Å². The van der Waals surface area contributed by atoms with Crippen molar-refractivity contribution in [1.29, 1.82) is 0 Å². The van der Waals surface area contributed by atoms with Crippen LogP contribution in [0, 0.1) is 11.8 Å². The molecule has 18 heavy (non-hydrogen) atoms. The van der Waals surface area contributed by atoms with E-state index in [0.29, 0.717) is 11.8 Å². The molecular formula is C12H13ClN4O. The number of aliphatic hydroxyl groups is 1. The Labute approximate surface area is 109 Å². The van der Waals surface area contributed by atoms with Crippen LogP contribution in [0.2, 0.25) is 5.28 Å². The maximum atomic E-state index is 9.56. The molecule has 1 saturated carbocycles. The van der Waals surface area contributed by atoms with Crippen LogP contribution in [0.15, 0.2) is 18.3 Å². The lowest BCUT2D eigenvalue weighted by Crippen LogP contribution is -2.36. The lowest BCUT2D eigenvalue weighted by atomic mass is 10.2. The molecule has 6 heteroatoms. The van der Waals surface area contributed by atoms with Crippen molar-refractivity contribution in [3.05, 3.63) is 23.6 Å². The summed E-state index contributed by atoms with van der Waals surface area (Å²) in [4.78, 5) is 6.54. The largest absolute Gasteiger partial charge is 0.394 e. The highest BCUT2D eigenvalue weighted by Crippen LogP contribution is 2.50. The summed E-state index contributed by atoms with van der Waals surface area (Å²) in [7, 11) is 0. The number of hydrogen-bond acceptors (Lipinski definition) is 4. The van der Waals surface area contributed by atoms with Gasteiger partial charge in [0.15, 0.2) is 5.82 Å². The second kappa shape index (κ2) is 3.59. The Bertz CT molecular complexity index is 613. The number of halogens is 1. The molecule has 2 aliphatic rings. The third kappa shape index (κ3) is 1.37. The van der Waals surface area contributed by atoms with Gasteiger partial charge in [-0.25, -0.2) is 4.52 Å². The van der Waals surface area contributed by atoms with Gasteiger partial charge < -0.3 is 10.0 Å². The van der Waals surface area contributed by atoms with E-state index in [2.05, 4.69) is 15.0 Å². The zero-order valence-corrected chi connectivity index (χ0v) is 10.5. The molecule has 0 radical (unpaired) electrons. The minimum absolute atomic E-state index is 0.176. The number of aliphatic hydroxyl groups excluding tert-OH is 1. The molecule has 0 aromatic carbocycles. The Morgan fingerprint density at radius 3 is 3.22 bits per heavy atom. The van der Waals surface area contributed by atoms with Gasteiger partial charge in [0, 0.05) is 12.7 Å². The molecule has 2 aromatic rings. The summed E-state index contributed by atoms with van der Waals surface area (Å²) in [6, 6.07) is 4.08. The summed E-state index contributed by atoms with van der Waals surface area (Å²) in [5.74, 6) is 2.18. The normalized spacial score (nSPS) is 29.9. The maximum absolute atomic E-state index is 9.56. The molecule has 0 bridgehead atoms. The van der Waals surface area contributed by atoms with Crippen molar-refractivity contribution in [1.82, 2.24) is 14.6 Å². The molecule has 1 aliphatic heterocycles. The minimum Gasteiger partial charge on any atom is -0.394 e. The Morgan fingerprint density at radius 2 is 2.39 bits per heavy atom. The first-order valence-corrected chi connectivity index (χ1v) is 6.54. The highest BCUT2D eigenvalue weighted by atomic mass is 35.5. The van der Waals surface area contributed by atoms with Crippen LogP contribution < -0.4 is 4.90 Å². The van der Waals surface area contributed by atoms with Crippen molar-refractivity contribution in [3.8, 4) is 0 Å². The Morgan fingerprint density at radius 1 is 1.50 bits per heavy atom. The van der Waals surface area contributed by atoms with Crippen LogP contribution >= 0.6 is 11.6 Å². The Hall–Kier alpha value is -1.33. The number of aromatic nitrogens is 3. The van der Waals surface area contributed by atoms with Gasteiger partial charge in [-0.15, -0.1) is 5.10 Å². The van der Waals surface area contributed by atoms with E-state index in [1.165, 1.54) is 6.42 Å². The SMILES string of the molecule is OC[C@H]1[C@H]2C[C@H]2CN1c1nc(Cl)nn2cccc12. The third-order valence-corrected chi connectivity index (χ3v) is 4.27. The van der Waals surface area contributed by atoms with E-state index in [1.54, 1.807) is 4.52 Å². The molecule has 4 rings (SSSR count). The van der Waals surface area contributed by atoms with E-state index in [9.17, 15) is 5.11 Å². The van der Waals surface area contributed by atoms with Crippen molar-refractivity contribution < 1.29 is 5.11 Å². The maximum Gasteiger partial charge on any atom is 0.243 e. The number of nitrogens with zero attached hydrogens (tertiary/aromatic N) is 4. The summed E-state index contributed by atoms with van der Waals surface area (Å²) in [6.07, 6.45) is 3.09. The van der Waals surface area contributed by atoms with Crippen molar-refractivity contribution >= 4 is 22.9 Å². The van der Waals surface area contributed by atoms with E-state index < -0.39 is 0 Å². The van der Waals surface area contributed by atoms with Crippen molar-refractivity contribution in [2.24, 2.45) is 11.8 Å². The minimum atomic E-state index is 0.176. The van der Waals surface area contributed by atoms with Gasteiger partial charge in [0.2, 0.25) is 5.28 Å². The first-order valence-electron chi connectivity index (χ1n) is 6.16. The quantitative estimate of drug-likeness (QED) is 0.886. The van der Waals surface area contributed by atoms with Gasteiger partial charge >= 0.3 is 0 Å². The predicted molar refractivity (Wildman–Crippen MR) is 67.8 cm³/mol. The van der Waals surface area contributed by atoms with E-state index in [4.69, 9.17) is 11.6 Å². The first kappa shape index (κ1) is 10.6. The van der Waals surface area contributed by atoms with Crippen LogP contribution in [0.4, 0.5) is 5.82 Å². The highest BCUT2D eigenvalue weighted by molar-refractivity contribution is 6.28. The van der Waals surface area contributed by atoms with Crippen LogP contribution in [-0.4, -0.2) is 38.9 Å². The van der Waals surface area contributed by atoms with Gasteiger partial charge in [-0.05, 0) is 42.0 Å². The lowest BCUT2D eigenvalue weighted by molar-refractivity contribution is 0.255. The zero-order chi connectivity index (χ0) is 12.3. The van der Waals surface area contributed by atoms with E-state index in [1.807, 2.05) is 18.3 Å². The van der Waals surface area contributed by atoms with Gasteiger partial charge in [-0.3, -0.25) is 0 Å². The number of rotatable bonds is 2. The van der Waals surface area contributed by atoms with Crippen molar-refractivity contribution in [2.45, 2.75) is 12.5 Å². The molecule has 3 heterocycles. The fraction of sp³-hybridized carbons (Fsp3) is 0.500. The summed E-state index contributed by atoms with van der Waals surface area (Å²) in [5.41, 5.74) is 0.944. The van der Waals surface area contributed by atoms with Crippen LogP contribution in [-0.2, 0) is 0 Å². The average Bonchev–Trinajstić information content (AvgIpc) is 2.83. The number of piperidine rings is 1. The van der Waals surface area contributed by atoms with Gasteiger partial charge in [0.25, 0.3) is 0 Å². The van der Waals surface area contributed by atoms with Crippen LogP contribution in [0.25, 0.3) is 5.52 Å². The molecule has 5 nitrogen and oxygen atoms in total. The number of hydrogen-bond donors (Lipinski definition) is 1. The van der Waals surface area contributed by atoms with E-state index >= 15 is 0 Å². The molecule has 94 valence electrons. The molecule has 0 spiro atoms. The van der Waals surface area contributed by atoms with Crippen molar-refractivity contribution in [2.75, 3.05) is 18.1 Å². The molecule has 1 N–H and O–H groups in total. The topological polar surface area (TPSA) is 53.7 Å². The molecule has 3 atom stereocenters. The number of anilines is 1. The fourth-order valence-electron chi connectivity index (χ4n) is 3.15. The van der Waals surface area contributed by atoms with Gasteiger partial charge in [0.05, 0.1) is 12.6 Å². The molecular weight excluding hydrogens is 252 g/mol. The molecule has 0 unspecified atom stereocenters. The number of fused-ring (bicyclic) bond motifs is 2. The van der Waals surface area contributed by atoms with Gasteiger partial charge in [0.1, 0.15) is 5.52 Å². The Kier molecular flexibility index (Phi) is 2.11. The monoisotopic (exact) mass is 264 g/mol. The second-order valence-corrected chi connectivity index (χ2v) is 5.44. The van der Waals surface area contributed by atoms with E-state index in [-0.39, 0.29) is 17.9 Å². The van der Waals surface area contributed by atoms with Crippen molar-refractivity contribution in [3.63, 3.8) is 0 Å². The standard InChI is InChI=1S/C12H13ClN4O/c13-12-14-11(9-2-1-3-17(9)15-12)16-5-7-4-8(7)10(16)6-18/h1-3,7-8,10,18H,4-6H2/t7-,8-,10-/m0/s1. The average molecular weight is 265 g/mol. The zero-order valence-electron chi connectivity index (χ0n) is 9.70. The third-order valence-electron chi connectivity index (χ3n) is 4.11. The summed E-state index contributed by atoms with van der Waals surface area (Å²) in [5, 5.41) is 13.9. The fourth-order valence-corrected chi connectivity index (χ4v) is 3.31. The van der Waals surface area contributed by atoms with Crippen LogP contribution in [0.3, 0.4) is 0 Å². The van der Waals surface area contributed by atoms with Crippen LogP contribution in [0.5, 0.6) is 0 Å². The highest BCUT2D eigenvalue weighted by Gasteiger charge is 2.52. The predicted octanol–water partition coefficient (Wildman–Crippen LogP) is 1.20. The lowest BCUT2D eigenvalue weighted by Gasteiger charge is -2.27. The van der Waals surface area contributed by atoms with Gasteiger partial charge in [-0.1, -0.05) is 0 Å². The smallest absolute Gasteiger partial charge is 0.243 e. The molecule has 0 amide bonds. The molecule has 2 fully saturated rings. The Balaban J connectivity index is 1.84. The summed E-state index contributed by atoms with van der Waals surface area (Å²) < 4.78 is 1.74. The molecule has 1 aliphatic carbocycles. The molecule has 1 saturated heterocycles. The van der Waals surface area contributed by atoms with Gasteiger partial charge in [-0.2, -0.15) is 4.98 Å². The second-order valence-electron chi connectivity index (χ2n) is 5.10. The summed E-state index contributed by atoms with van der Waals surface area (Å²) >= 11 is 5.97. The van der Waals surface area contributed by atoms with E-state index in [0.717, 1.165) is 17.9 Å². The first-order chi connectivity index (χ1) is 8.78. The molecule has 2 aromatic heterocycles.